The van der Waals surface area contributed by atoms with Crippen molar-refractivity contribution >= 4 is 77.8 Å². The molecule has 4 N–H and O–H groups in total. The minimum atomic E-state index is -3.56. The van der Waals surface area contributed by atoms with Crippen molar-refractivity contribution in [2.24, 2.45) is 0 Å². The number of halogens is 2. The zero-order valence-corrected chi connectivity index (χ0v) is 40.8. The van der Waals surface area contributed by atoms with Crippen LogP contribution in [0.2, 0.25) is 10.0 Å². The van der Waals surface area contributed by atoms with Crippen LogP contribution in [0.15, 0.2) is 60.7 Å². The van der Waals surface area contributed by atoms with E-state index in [1.165, 1.54) is 86.7 Å². The van der Waals surface area contributed by atoms with Gasteiger partial charge < -0.3 is 15.3 Å². The monoisotopic (exact) mass is 992 g/mol. The maximum Gasteiger partial charge on any atom is 0.337 e. The van der Waals surface area contributed by atoms with Crippen molar-refractivity contribution in [3.05, 3.63) is 116 Å². The number of likely N-dealkylation sites (tertiary alicyclic amines) is 1. The number of anilines is 2. The van der Waals surface area contributed by atoms with E-state index in [-0.39, 0.29) is 39.5 Å². The predicted octanol–water partition coefficient (Wildman–Crippen LogP) is 8.45. The van der Waals surface area contributed by atoms with Crippen LogP contribution in [0.25, 0.3) is 11.3 Å². The van der Waals surface area contributed by atoms with Crippen molar-refractivity contribution in [1.82, 2.24) is 39.4 Å². The first-order valence-electron chi connectivity index (χ1n) is 22.4. The number of aryl methyl sites for hydroxylation is 2. The number of carbonyl (C=O) groups is 2. The number of piperidine rings is 2. The van der Waals surface area contributed by atoms with Gasteiger partial charge in [-0.2, -0.15) is 10.2 Å². The number of hydrogen-bond acceptors (Lipinski definition) is 11. The minimum Gasteiger partial charge on any atom is -0.478 e. The summed E-state index contributed by atoms with van der Waals surface area (Å²) in [5.41, 5.74) is 8.62. The number of nitrogens with one attached hydrogen (secondary N) is 3. The van der Waals surface area contributed by atoms with Gasteiger partial charge in [-0.3, -0.25) is 14.2 Å². The summed E-state index contributed by atoms with van der Waals surface area (Å²) in [7, 11) is -7.06. The Bertz CT molecular complexity index is 3080. The van der Waals surface area contributed by atoms with E-state index in [2.05, 4.69) is 39.9 Å². The van der Waals surface area contributed by atoms with Crippen LogP contribution in [0.5, 0.6) is 0 Å². The molecular weight excluding hydrogens is 940 g/mol. The van der Waals surface area contributed by atoms with Crippen molar-refractivity contribution in [1.29, 1.82) is 0 Å². The van der Waals surface area contributed by atoms with Gasteiger partial charge in [0.1, 0.15) is 0 Å². The first kappa shape index (κ1) is 48.1. The van der Waals surface area contributed by atoms with Crippen LogP contribution in [0.3, 0.4) is 0 Å². The van der Waals surface area contributed by atoms with Crippen LogP contribution < -0.4 is 14.8 Å². The molecule has 2 atom stereocenters. The Kier molecular flexibility index (Phi) is 14.2. The summed E-state index contributed by atoms with van der Waals surface area (Å²) < 4.78 is 53.9. The van der Waals surface area contributed by atoms with Crippen LogP contribution >= 0.6 is 23.2 Å². The van der Waals surface area contributed by atoms with E-state index < -0.39 is 26.0 Å². The molecule has 0 spiro atoms. The molecule has 4 aromatic heterocycles. The number of aromatic nitrogens is 6. The van der Waals surface area contributed by atoms with Crippen molar-refractivity contribution in [3.8, 4) is 0 Å². The van der Waals surface area contributed by atoms with Gasteiger partial charge in [0.25, 0.3) is 5.91 Å². The van der Waals surface area contributed by atoms with Gasteiger partial charge in [-0.15, -0.1) is 0 Å². The molecule has 0 unspecified atom stereocenters. The number of sulfonamides is 2. The summed E-state index contributed by atoms with van der Waals surface area (Å²) in [6.07, 6.45) is 13.3. The van der Waals surface area contributed by atoms with Gasteiger partial charge in [0, 0.05) is 63.3 Å². The number of rotatable bonds is 10. The number of hydrogen-bond donors (Lipinski definition) is 4. The van der Waals surface area contributed by atoms with Crippen LogP contribution in [0.1, 0.15) is 143 Å². The van der Waals surface area contributed by atoms with E-state index in [0.29, 0.717) is 29.4 Å². The number of amides is 1. The number of benzene rings is 2. The summed E-state index contributed by atoms with van der Waals surface area (Å²) in [4.78, 5) is 35.8. The van der Waals surface area contributed by atoms with Gasteiger partial charge in [-0.05, 0) is 127 Å². The molecule has 2 aromatic carbocycles. The van der Waals surface area contributed by atoms with E-state index in [1.807, 2.05) is 22.0 Å². The molecule has 2 aliphatic heterocycles. The highest BCUT2D eigenvalue weighted by molar-refractivity contribution is 7.92. The maximum atomic E-state index is 13.7. The van der Waals surface area contributed by atoms with Gasteiger partial charge in [0.15, 0.2) is 11.3 Å². The first-order chi connectivity index (χ1) is 31.8. The predicted molar refractivity (Wildman–Crippen MR) is 258 cm³/mol. The van der Waals surface area contributed by atoms with Gasteiger partial charge in [0.05, 0.1) is 58.5 Å². The largest absolute Gasteiger partial charge is 0.478 e. The molecule has 21 heteroatoms. The zero-order chi connectivity index (χ0) is 47.8. The lowest BCUT2D eigenvalue weighted by Gasteiger charge is -2.35. The van der Waals surface area contributed by atoms with Gasteiger partial charge >= 0.3 is 5.97 Å². The van der Waals surface area contributed by atoms with Gasteiger partial charge in [-0.1, -0.05) is 29.6 Å². The molecular formula is C46H54Cl2N10O7S2. The molecule has 2 saturated heterocycles. The third kappa shape index (κ3) is 12.0. The highest BCUT2D eigenvalue weighted by atomic mass is 35.5. The SMILES string of the molecule is CS(=O)(=O)Nc1ccc(Cl)cc1C(=O)O.Cc1cc(C2CC2)nc2cc([C@@H]3CCCCN3)nn12.Cc1cc(C2CC2)nc2cc([C@@H]3CCCCN3C(=O)c3cc(Cl)ccc3NS(C)(=O)=O)nn12. The second-order valence-electron chi connectivity index (χ2n) is 17.8. The molecule has 17 nitrogen and oxygen atoms in total. The third-order valence-electron chi connectivity index (χ3n) is 12.1. The molecule has 4 aliphatic rings. The average molecular weight is 994 g/mol. The first-order valence-corrected chi connectivity index (χ1v) is 26.9. The Morgan fingerprint density at radius 1 is 0.657 bits per heavy atom. The molecule has 67 heavy (non-hydrogen) atoms. The van der Waals surface area contributed by atoms with Crippen LogP contribution in [0.4, 0.5) is 11.4 Å². The fraction of sp³-hybridized carbons (Fsp3) is 0.435. The summed E-state index contributed by atoms with van der Waals surface area (Å²) in [6.45, 7) is 5.82. The molecule has 0 bridgehead atoms. The van der Waals surface area contributed by atoms with Crippen LogP contribution in [0, 0.1) is 13.8 Å². The normalized spacial score (nSPS) is 18.7. The molecule has 4 fully saturated rings. The smallest absolute Gasteiger partial charge is 0.337 e. The number of carbonyl (C=O) groups excluding carboxylic acids is 1. The van der Waals surface area contributed by atoms with E-state index in [9.17, 15) is 26.4 Å². The van der Waals surface area contributed by atoms with E-state index in [0.717, 1.165) is 72.4 Å². The van der Waals surface area contributed by atoms with E-state index in [1.54, 1.807) is 11.0 Å². The topological polar surface area (TPSA) is 222 Å². The van der Waals surface area contributed by atoms with Crippen molar-refractivity contribution in [2.45, 2.75) is 102 Å². The maximum absolute atomic E-state index is 13.7. The lowest BCUT2D eigenvalue weighted by molar-refractivity contribution is 0.0606. The fourth-order valence-electron chi connectivity index (χ4n) is 8.55. The lowest BCUT2D eigenvalue weighted by atomic mass is 9.98. The molecule has 10 rings (SSSR count). The molecule has 0 radical (unpaired) electrons. The van der Waals surface area contributed by atoms with Crippen molar-refractivity contribution in [2.75, 3.05) is 35.0 Å². The average Bonchev–Trinajstić information content (AvgIpc) is 4.22. The molecule has 6 aromatic rings. The second-order valence-corrected chi connectivity index (χ2v) is 22.2. The summed E-state index contributed by atoms with van der Waals surface area (Å²) in [5.74, 6) is -0.268. The zero-order valence-electron chi connectivity index (χ0n) is 37.7. The van der Waals surface area contributed by atoms with Crippen LogP contribution in [-0.2, 0) is 20.0 Å². The number of aromatic carboxylic acids is 1. The Hall–Kier alpha value is -5.34. The summed E-state index contributed by atoms with van der Waals surface area (Å²) in [6, 6.07) is 17.1. The molecule has 2 aliphatic carbocycles. The molecule has 2 saturated carbocycles. The van der Waals surface area contributed by atoms with Crippen LogP contribution in [-0.4, -0.2) is 93.5 Å². The van der Waals surface area contributed by atoms with Gasteiger partial charge in [0.2, 0.25) is 20.0 Å². The fourth-order valence-corrected chi connectivity index (χ4v) is 10.0. The molecule has 1 amide bonds. The number of carboxylic acids is 1. The van der Waals surface area contributed by atoms with Gasteiger partial charge in [-0.25, -0.2) is 40.6 Å². The number of fused-ring (bicyclic) bond motifs is 2. The summed E-state index contributed by atoms with van der Waals surface area (Å²) >= 11 is 11.8. The van der Waals surface area contributed by atoms with Crippen molar-refractivity contribution in [3.63, 3.8) is 0 Å². The lowest BCUT2D eigenvalue weighted by Crippen LogP contribution is -2.39. The highest BCUT2D eigenvalue weighted by Crippen LogP contribution is 2.41. The Morgan fingerprint density at radius 3 is 1.67 bits per heavy atom. The Balaban J connectivity index is 0.000000151. The third-order valence-corrected chi connectivity index (χ3v) is 13.7. The number of nitrogens with zero attached hydrogens (tertiary/aromatic N) is 7. The van der Waals surface area contributed by atoms with E-state index >= 15 is 0 Å². The highest BCUT2D eigenvalue weighted by Gasteiger charge is 2.33. The summed E-state index contributed by atoms with van der Waals surface area (Å²) in [5, 5.41) is 22.5. The quantitative estimate of drug-likeness (QED) is 0.102. The minimum absolute atomic E-state index is 0.00519. The Labute approximate surface area is 399 Å². The van der Waals surface area contributed by atoms with Crippen molar-refractivity contribution < 1.29 is 31.5 Å². The second kappa shape index (κ2) is 19.7. The van der Waals surface area contributed by atoms with E-state index in [4.69, 9.17) is 48.5 Å². The molecule has 356 valence electrons. The molecule has 6 heterocycles. The standard InChI is InChI=1S/C23H26ClN5O3S.C15H20N4.C8H8ClNO4S/c1-14-11-19(15-6-7-15)25-22-13-20(26-29(14)22)21-5-3-4-10-28(21)23(30)17-12-16(24)8-9-18(17)27-33(2,31)32;1-10-8-13(11-5-6-11)17-15-9-14(18-19(10)15)12-4-2-3-7-16-12;1-15(13,14)10-7-3-2-5(9)4-6(7)8(11)12/h8-9,11-13,15,21,27H,3-7,10H2,1-2H3;8-9,11-12,16H,2-7H2,1H3;2-4,10H,1H3,(H,11,12)/t21-;12-;/m00./s1. The number of carboxylic acid groups (broad SMARTS) is 1. The Morgan fingerprint density at radius 2 is 1.16 bits per heavy atom.